The highest BCUT2D eigenvalue weighted by Gasteiger charge is 2.49. The van der Waals surface area contributed by atoms with E-state index < -0.39 is 42.7 Å². The Morgan fingerprint density at radius 3 is 1.15 bits per heavy atom. The van der Waals surface area contributed by atoms with E-state index in [1.54, 1.807) is 0 Å². The van der Waals surface area contributed by atoms with E-state index in [1.807, 2.05) is 78.9 Å². The lowest BCUT2D eigenvalue weighted by molar-refractivity contribution is -0.274. The van der Waals surface area contributed by atoms with Crippen LogP contribution in [0.1, 0.15) is 267 Å². The number of carbonyl (C=O) groups is 1. The maximum Gasteiger partial charge on any atom is 0.220 e. The number of aliphatic hydroxyl groups is 1. The van der Waals surface area contributed by atoms with Crippen molar-refractivity contribution in [1.82, 2.24) is 5.32 Å². The second-order valence-corrected chi connectivity index (χ2v) is 24.8. The molecule has 1 aliphatic heterocycles. The molecule has 8 nitrogen and oxygen atoms in total. The van der Waals surface area contributed by atoms with Crippen LogP contribution < -0.4 is 5.32 Å². The molecular formula is C77H119NO7. The molecular weight excluding hydrogens is 1050 g/mol. The molecule has 8 heteroatoms. The molecule has 0 radical (unpaired) electrons. The van der Waals surface area contributed by atoms with Crippen LogP contribution in [0, 0.1) is 0 Å². The zero-order valence-electron chi connectivity index (χ0n) is 53.6. The number of amides is 1. The monoisotopic (exact) mass is 1170 g/mol. The Balaban J connectivity index is 1.20. The molecule has 4 aromatic carbocycles. The van der Waals surface area contributed by atoms with E-state index in [-0.39, 0.29) is 12.5 Å². The number of hydrogen-bond acceptors (Lipinski definition) is 7. The predicted octanol–water partition coefficient (Wildman–Crippen LogP) is 20.2. The summed E-state index contributed by atoms with van der Waals surface area (Å²) < 4.78 is 34.9. The summed E-state index contributed by atoms with van der Waals surface area (Å²) in [5, 5.41) is 15.6. The van der Waals surface area contributed by atoms with Gasteiger partial charge in [0.1, 0.15) is 24.4 Å². The van der Waals surface area contributed by atoms with Crippen LogP contribution in [0.25, 0.3) is 0 Å². The molecule has 1 saturated heterocycles. The molecule has 1 fully saturated rings. The van der Waals surface area contributed by atoms with Crippen molar-refractivity contribution in [3.8, 4) is 0 Å². The second-order valence-electron chi connectivity index (χ2n) is 24.8. The van der Waals surface area contributed by atoms with E-state index in [9.17, 15) is 9.90 Å². The minimum Gasteiger partial charge on any atom is -0.387 e. The summed E-state index contributed by atoms with van der Waals surface area (Å²) in [5.74, 6) is -0.0445. The molecule has 5 rings (SSSR count). The third-order valence-electron chi connectivity index (χ3n) is 17.3. The topological polar surface area (TPSA) is 95.5 Å². The van der Waals surface area contributed by atoms with Gasteiger partial charge < -0.3 is 34.1 Å². The van der Waals surface area contributed by atoms with E-state index in [4.69, 9.17) is 23.7 Å². The van der Waals surface area contributed by atoms with Gasteiger partial charge in [-0.15, -0.1) is 0 Å². The van der Waals surface area contributed by atoms with E-state index in [0.29, 0.717) is 39.3 Å². The van der Waals surface area contributed by atoms with Crippen molar-refractivity contribution in [2.45, 2.75) is 314 Å². The van der Waals surface area contributed by atoms with Gasteiger partial charge in [0.25, 0.3) is 0 Å². The van der Waals surface area contributed by atoms with Crippen molar-refractivity contribution in [1.29, 1.82) is 0 Å². The normalized spacial score (nSPS) is 17.8. The zero-order chi connectivity index (χ0) is 59.7. The van der Waals surface area contributed by atoms with Crippen LogP contribution in [0.15, 0.2) is 133 Å². The van der Waals surface area contributed by atoms with Crippen LogP contribution in [0.5, 0.6) is 0 Å². The number of carbonyl (C=O) groups excluding carboxylic acids is 1. The van der Waals surface area contributed by atoms with Gasteiger partial charge in [0.05, 0.1) is 51.3 Å². The SMILES string of the molecule is CCCCCCCCCCCCC=C[C@@H](O)[C@H](C[C@@H]1O[C@H](COCc2ccccc2)[C@H](OCc2ccccc2)[C@H](OCc2ccccc2)[C@H]1OCc1ccccc1)NC(=O)CCCCCCCCCCCCCCCCCCCCCCCCC. The standard InChI is InChI=1S/C77H119NO7/c1-3-5-7-9-11-13-15-17-18-19-20-21-22-23-24-25-26-27-29-31-33-35-49-59-74(80)78-70(71(79)58-48-34-32-30-28-16-14-12-10-8-6-4-2)60-72-75(82-62-67-52-42-37-43-53-67)77(84-64-69-56-46-39-47-57-69)76(83-63-68-54-44-38-45-55-68)73(85-72)65-81-61-66-50-40-36-41-51-66/h36-48,50-58,70-73,75-77,79H,3-35,49,59-65H2,1-2H3,(H,78,80)/t70-,71+,72-,73+,75-,76-,77+/m0/s1. The van der Waals surface area contributed by atoms with Crippen LogP contribution >= 0.6 is 0 Å². The number of allylic oxidation sites excluding steroid dienone is 1. The number of benzene rings is 4. The molecule has 474 valence electrons. The van der Waals surface area contributed by atoms with Gasteiger partial charge in [-0.25, -0.2) is 0 Å². The molecule has 85 heavy (non-hydrogen) atoms. The summed E-state index contributed by atoms with van der Waals surface area (Å²) in [6, 6.07) is 40.1. The molecule has 2 N–H and O–H groups in total. The van der Waals surface area contributed by atoms with Crippen LogP contribution in [-0.2, 0) is 54.9 Å². The number of rotatable bonds is 53. The van der Waals surface area contributed by atoms with Crippen LogP contribution in [-0.4, -0.2) is 60.3 Å². The number of ether oxygens (including phenoxy) is 5. The molecule has 0 aliphatic carbocycles. The highest BCUT2D eigenvalue weighted by atomic mass is 16.6. The van der Waals surface area contributed by atoms with Crippen molar-refractivity contribution in [3.63, 3.8) is 0 Å². The third-order valence-corrected chi connectivity index (χ3v) is 17.3. The average molecular weight is 1170 g/mol. The van der Waals surface area contributed by atoms with Gasteiger partial charge in [0.15, 0.2) is 0 Å². The molecule has 1 heterocycles. The summed E-state index contributed by atoms with van der Waals surface area (Å²) in [6.07, 6.45) is 45.1. The molecule has 0 bridgehead atoms. The fraction of sp³-hybridized carbons (Fsp3) is 0.649. The first-order chi connectivity index (χ1) is 42.0. The summed E-state index contributed by atoms with van der Waals surface area (Å²) >= 11 is 0. The smallest absolute Gasteiger partial charge is 0.220 e. The van der Waals surface area contributed by atoms with Crippen LogP contribution in [0.3, 0.4) is 0 Å². The van der Waals surface area contributed by atoms with Gasteiger partial charge in [0.2, 0.25) is 5.91 Å². The van der Waals surface area contributed by atoms with Crippen molar-refractivity contribution < 1.29 is 33.6 Å². The molecule has 1 aliphatic rings. The van der Waals surface area contributed by atoms with Gasteiger partial charge >= 0.3 is 0 Å². The lowest BCUT2D eigenvalue weighted by atomic mass is 9.89. The van der Waals surface area contributed by atoms with Crippen molar-refractivity contribution in [2.75, 3.05) is 6.61 Å². The number of hydrogen-bond donors (Lipinski definition) is 2. The van der Waals surface area contributed by atoms with E-state index >= 15 is 0 Å². The average Bonchev–Trinajstić information content (AvgIpc) is 3.42. The van der Waals surface area contributed by atoms with Crippen molar-refractivity contribution >= 4 is 5.91 Å². The Morgan fingerprint density at radius 1 is 0.435 bits per heavy atom. The quantitative estimate of drug-likeness (QED) is 0.0336. The maximum absolute atomic E-state index is 14.1. The first kappa shape index (κ1) is 71.6. The Morgan fingerprint density at radius 2 is 0.765 bits per heavy atom. The first-order valence-corrected chi connectivity index (χ1v) is 34.9. The largest absolute Gasteiger partial charge is 0.387 e. The minimum absolute atomic E-state index is 0.0445. The van der Waals surface area contributed by atoms with Crippen molar-refractivity contribution in [3.05, 3.63) is 156 Å². The molecule has 7 atom stereocenters. The number of nitrogens with one attached hydrogen (secondary N) is 1. The van der Waals surface area contributed by atoms with Crippen LogP contribution in [0.4, 0.5) is 0 Å². The molecule has 0 spiro atoms. The highest BCUT2D eigenvalue weighted by Crippen LogP contribution is 2.34. The summed E-state index contributed by atoms with van der Waals surface area (Å²) in [4.78, 5) is 14.1. The van der Waals surface area contributed by atoms with E-state index in [0.717, 1.165) is 54.4 Å². The second kappa shape index (κ2) is 48.8. The number of aliphatic hydroxyl groups excluding tert-OH is 1. The fourth-order valence-corrected chi connectivity index (χ4v) is 12.1. The molecule has 0 aromatic heterocycles. The van der Waals surface area contributed by atoms with E-state index in [1.165, 1.54) is 186 Å². The molecule has 1 amide bonds. The Labute approximate surface area is 518 Å². The minimum atomic E-state index is -0.941. The lowest BCUT2D eigenvalue weighted by Gasteiger charge is -2.47. The van der Waals surface area contributed by atoms with E-state index in [2.05, 4.69) is 73.8 Å². The van der Waals surface area contributed by atoms with Gasteiger partial charge in [0, 0.05) is 6.42 Å². The summed E-state index contributed by atoms with van der Waals surface area (Å²) in [5.41, 5.74) is 4.15. The van der Waals surface area contributed by atoms with Crippen LogP contribution in [0.2, 0.25) is 0 Å². The summed E-state index contributed by atoms with van der Waals surface area (Å²) in [7, 11) is 0. The van der Waals surface area contributed by atoms with Gasteiger partial charge in [-0.2, -0.15) is 0 Å². The van der Waals surface area contributed by atoms with Gasteiger partial charge in [-0.1, -0.05) is 346 Å². The Bertz CT molecular complexity index is 2160. The predicted molar refractivity (Wildman–Crippen MR) is 354 cm³/mol. The third kappa shape index (κ3) is 33.7. The van der Waals surface area contributed by atoms with Crippen molar-refractivity contribution in [2.24, 2.45) is 0 Å². The molecule has 0 saturated carbocycles. The lowest BCUT2D eigenvalue weighted by Crippen LogP contribution is -2.62. The fourth-order valence-electron chi connectivity index (χ4n) is 12.1. The Kier molecular flexibility index (Phi) is 41.1. The van der Waals surface area contributed by atoms with Gasteiger partial charge in [-0.3, -0.25) is 4.79 Å². The number of unbranched alkanes of at least 4 members (excludes halogenated alkanes) is 32. The zero-order valence-corrected chi connectivity index (χ0v) is 53.6. The maximum atomic E-state index is 14.1. The Hall–Kier alpha value is -4.15. The molecule has 4 aromatic rings. The highest BCUT2D eigenvalue weighted by molar-refractivity contribution is 5.76. The van der Waals surface area contributed by atoms with Gasteiger partial charge in [-0.05, 0) is 47.9 Å². The first-order valence-electron chi connectivity index (χ1n) is 34.9. The summed E-state index contributed by atoms with van der Waals surface area (Å²) in [6.45, 7) is 6.19. The molecule has 0 unspecified atom stereocenters.